The summed E-state index contributed by atoms with van der Waals surface area (Å²) < 4.78 is 27.1. The highest BCUT2D eigenvalue weighted by Gasteiger charge is 2.36. The first-order valence-corrected chi connectivity index (χ1v) is 7.97. The predicted molar refractivity (Wildman–Crippen MR) is 78.0 cm³/mol. The zero-order chi connectivity index (χ0) is 14.3. The van der Waals surface area contributed by atoms with E-state index in [2.05, 4.69) is 4.98 Å². The van der Waals surface area contributed by atoms with E-state index in [9.17, 15) is 8.42 Å². The molecule has 6 heteroatoms. The van der Waals surface area contributed by atoms with E-state index in [0.717, 1.165) is 17.7 Å². The van der Waals surface area contributed by atoms with Gasteiger partial charge < -0.3 is 10.7 Å². The topological polar surface area (TPSA) is 79.2 Å². The van der Waals surface area contributed by atoms with Crippen LogP contribution in [-0.4, -0.2) is 19.4 Å². The maximum absolute atomic E-state index is 12.8. The van der Waals surface area contributed by atoms with Crippen LogP contribution in [0.15, 0.2) is 41.4 Å². The Kier molecular flexibility index (Phi) is 3.07. The van der Waals surface area contributed by atoms with Crippen molar-refractivity contribution < 1.29 is 8.42 Å². The van der Waals surface area contributed by atoms with Gasteiger partial charge in [0.2, 0.25) is 0 Å². The van der Waals surface area contributed by atoms with Crippen LogP contribution < -0.4 is 10.0 Å². The highest BCUT2D eigenvalue weighted by Crippen LogP contribution is 2.36. The molecule has 2 aromatic rings. The van der Waals surface area contributed by atoms with Gasteiger partial charge in [0, 0.05) is 24.5 Å². The SMILES string of the molecule is CC1Cc2ccccc2N1S(=O)(=O)c1c[nH]c(CN)c1. The Hall–Kier alpha value is -1.79. The second-order valence-electron chi connectivity index (χ2n) is 5.05. The van der Waals surface area contributed by atoms with Crippen LogP contribution in [0.25, 0.3) is 0 Å². The molecule has 1 aliphatic heterocycles. The second kappa shape index (κ2) is 4.64. The van der Waals surface area contributed by atoms with Gasteiger partial charge in [-0.1, -0.05) is 18.2 Å². The molecule has 1 unspecified atom stereocenters. The van der Waals surface area contributed by atoms with Crippen molar-refractivity contribution in [2.75, 3.05) is 4.31 Å². The quantitative estimate of drug-likeness (QED) is 0.901. The molecule has 0 amide bonds. The number of H-pyrrole nitrogens is 1. The summed E-state index contributed by atoms with van der Waals surface area (Å²) >= 11 is 0. The largest absolute Gasteiger partial charge is 0.363 e. The van der Waals surface area contributed by atoms with Gasteiger partial charge in [0.15, 0.2) is 0 Å². The summed E-state index contributed by atoms with van der Waals surface area (Å²) in [6.07, 6.45) is 2.24. The monoisotopic (exact) mass is 291 g/mol. The lowest BCUT2D eigenvalue weighted by molar-refractivity contribution is 0.584. The molecule has 0 saturated heterocycles. The zero-order valence-corrected chi connectivity index (χ0v) is 12.0. The number of nitrogens with one attached hydrogen (secondary N) is 1. The maximum Gasteiger partial charge on any atom is 0.266 e. The number of aromatic nitrogens is 1. The van der Waals surface area contributed by atoms with Crippen molar-refractivity contribution in [2.24, 2.45) is 5.73 Å². The number of fused-ring (bicyclic) bond motifs is 1. The maximum atomic E-state index is 12.8. The van der Waals surface area contributed by atoms with Gasteiger partial charge in [-0.2, -0.15) is 0 Å². The smallest absolute Gasteiger partial charge is 0.266 e. The molecule has 0 saturated carbocycles. The molecule has 1 aromatic heterocycles. The number of nitrogens with zero attached hydrogens (tertiary/aromatic N) is 1. The first-order valence-electron chi connectivity index (χ1n) is 6.53. The molecule has 1 atom stereocenters. The average Bonchev–Trinajstić information content (AvgIpc) is 3.01. The van der Waals surface area contributed by atoms with Crippen LogP contribution in [-0.2, 0) is 23.0 Å². The summed E-state index contributed by atoms with van der Waals surface area (Å²) in [5, 5.41) is 0. The van der Waals surface area contributed by atoms with Crippen LogP contribution in [0.5, 0.6) is 0 Å². The molecule has 0 fully saturated rings. The fourth-order valence-corrected chi connectivity index (χ4v) is 4.41. The van der Waals surface area contributed by atoms with Gasteiger partial charge in [0.25, 0.3) is 10.0 Å². The van der Waals surface area contributed by atoms with Gasteiger partial charge in [0.1, 0.15) is 4.90 Å². The van der Waals surface area contributed by atoms with Crippen molar-refractivity contribution in [3.63, 3.8) is 0 Å². The predicted octanol–water partition coefficient (Wildman–Crippen LogP) is 1.61. The molecule has 3 N–H and O–H groups in total. The van der Waals surface area contributed by atoms with Gasteiger partial charge >= 0.3 is 0 Å². The van der Waals surface area contributed by atoms with E-state index in [0.29, 0.717) is 12.2 Å². The van der Waals surface area contributed by atoms with Crippen LogP contribution >= 0.6 is 0 Å². The summed E-state index contributed by atoms with van der Waals surface area (Å²) in [6.45, 7) is 2.22. The number of rotatable bonds is 3. The normalized spacial score (nSPS) is 18.3. The van der Waals surface area contributed by atoms with E-state index in [1.165, 1.54) is 10.5 Å². The van der Waals surface area contributed by atoms with Crippen molar-refractivity contribution in [3.05, 3.63) is 47.8 Å². The summed E-state index contributed by atoms with van der Waals surface area (Å²) in [4.78, 5) is 3.16. The van der Waals surface area contributed by atoms with Crippen molar-refractivity contribution >= 4 is 15.7 Å². The first kappa shape index (κ1) is 13.2. The summed E-state index contributed by atoms with van der Waals surface area (Å²) in [5.41, 5.74) is 8.08. The summed E-state index contributed by atoms with van der Waals surface area (Å²) in [6, 6.07) is 9.15. The lowest BCUT2D eigenvalue weighted by Gasteiger charge is -2.23. The number of nitrogens with two attached hydrogens (primary N) is 1. The van der Waals surface area contributed by atoms with Gasteiger partial charge in [-0.05, 0) is 31.0 Å². The van der Waals surface area contributed by atoms with E-state index in [4.69, 9.17) is 5.73 Å². The molecule has 0 radical (unpaired) electrons. The lowest BCUT2D eigenvalue weighted by Crippen LogP contribution is -2.35. The molecule has 0 spiro atoms. The molecular weight excluding hydrogens is 274 g/mol. The third kappa shape index (κ3) is 1.92. The number of benzene rings is 1. The fraction of sp³-hybridized carbons (Fsp3) is 0.286. The van der Waals surface area contributed by atoms with Crippen LogP contribution in [0.4, 0.5) is 5.69 Å². The Morgan fingerprint density at radius 2 is 2.15 bits per heavy atom. The van der Waals surface area contributed by atoms with Crippen molar-refractivity contribution in [2.45, 2.75) is 30.8 Å². The van der Waals surface area contributed by atoms with E-state index >= 15 is 0 Å². The molecule has 3 rings (SSSR count). The molecule has 20 heavy (non-hydrogen) atoms. The number of hydrogen-bond acceptors (Lipinski definition) is 3. The summed E-state index contributed by atoms with van der Waals surface area (Å²) in [5.74, 6) is 0. The third-order valence-electron chi connectivity index (χ3n) is 3.64. The Morgan fingerprint density at radius 1 is 1.40 bits per heavy atom. The standard InChI is InChI=1S/C14H17N3O2S/c1-10-6-11-4-2-3-5-14(11)17(10)20(18,19)13-7-12(8-15)16-9-13/h2-5,7,9-10,16H,6,8,15H2,1H3. The highest BCUT2D eigenvalue weighted by atomic mass is 32.2. The molecule has 2 heterocycles. The van der Waals surface area contributed by atoms with Gasteiger partial charge in [0.05, 0.1) is 5.69 Å². The minimum atomic E-state index is -3.54. The number of hydrogen-bond donors (Lipinski definition) is 2. The molecule has 1 aliphatic rings. The van der Waals surface area contributed by atoms with E-state index in [1.54, 1.807) is 6.07 Å². The number of para-hydroxylation sites is 1. The summed E-state index contributed by atoms with van der Waals surface area (Å²) in [7, 11) is -3.54. The Labute approximate surface area is 118 Å². The minimum absolute atomic E-state index is 0.0753. The van der Waals surface area contributed by atoms with Crippen LogP contribution in [0.1, 0.15) is 18.2 Å². The molecule has 0 bridgehead atoms. The zero-order valence-electron chi connectivity index (χ0n) is 11.2. The van der Waals surface area contributed by atoms with E-state index in [1.807, 2.05) is 31.2 Å². The fourth-order valence-electron chi connectivity index (χ4n) is 2.70. The first-order chi connectivity index (χ1) is 9.54. The Bertz CT molecular complexity index is 736. The third-order valence-corrected chi connectivity index (χ3v) is 5.54. The molecule has 0 aliphatic carbocycles. The molecule has 106 valence electrons. The number of sulfonamides is 1. The molecular formula is C14H17N3O2S. The molecule has 5 nitrogen and oxygen atoms in total. The van der Waals surface area contributed by atoms with Gasteiger partial charge in [-0.15, -0.1) is 0 Å². The minimum Gasteiger partial charge on any atom is -0.363 e. The van der Waals surface area contributed by atoms with Crippen molar-refractivity contribution in [1.82, 2.24) is 4.98 Å². The van der Waals surface area contributed by atoms with Crippen LogP contribution in [0, 0.1) is 0 Å². The second-order valence-corrected chi connectivity index (χ2v) is 6.86. The lowest BCUT2D eigenvalue weighted by atomic mass is 10.1. The van der Waals surface area contributed by atoms with Crippen LogP contribution in [0.3, 0.4) is 0 Å². The van der Waals surface area contributed by atoms with Crippen molar-refractivity contribution in [1.29, 1.82) is 0 Å². The average molecular weight is 291 g/mol. The van der Waals surface area contributed by atoms with Gasteiger partial charge in [-0.25, -0.2) is 8.42 Å². The Morgan fingerprint density at radius 3 is 2.85 bits per heavy atom. The van der Waals surface area contributed by atoms with Gasteiger partial charge in [-0.3, -0.25) is 4.31 Å². The van der Waals surface area contributed by atoms with Crippen molar-refractivity contribution in [3.8, 4) is 0 Å². The molecule has 1 aromatic carbocycles. The number of aromatic amines is 1. The Balaban J connectivity index is 2.07. The highest BCUT2D eigenvalue weighted by molar-refractivity contribution is 7.92. The number of anilines is 1. The van der Waals surface area contributed by atoms with E-state index in [-0.39, 0.29) is 10.9 Å². The van der Waals surface area contributed by atoms with E-state index < -0.39 is 10.0 Å². The van der Waals surface area contributed by atoms with Crippen LogP contribution in [0.2, 0.25) is 0 Å².